The summed E-state index contributed by atoms with van der Waals surface area (Å²) in [4.78, 5) is 12.2. The second kappa shape index (κ2) is 5.17. The maximum Gasteiger partial charge on any atom is 0.356 e. The molecular formula is C12H8Cl2O2S. The lowest BCUT2D eigenvalue weighted by atomic mass is 10.1. The van der Waals surface area contributed by atoms with Crippen molar-refractivity contribution < 1.29 is 4.42 Å². The fourth-order valence-corrected chi connectivity index (χ4v) is 2.39. The van der Waals surface area contributed by atoms with Crippen molar-refractivity contribution in [3.63, 3.8) is 0 Å². The Kier molecular flexibility index (Phi) is 3.82. The number of thioether (sulfide) groups is 1. The SMILES string of the molecule is CSc1cc(-c2cccc(Cl)c2)oc(=O)c1Cl. The van der Waals surface area contributed by atoms with Crippen LogP contribution in [0.1, 0.15) is 0 Å². The van der Waals surface area contributed by atoms with E-state index in [2.05, 4.69) is 0 Å². The van der Waals surface area contributed by atoms with E-state index >= 15 is 0 Å². The van der Waals surface area contributed by atoms with Gasteiger partial charge in [-0.2, -0.15) is 0 Å². The summed E-state index contributed by atoms with van der Waals surface area (Å²) < 4.78 is 5.13. The second-order valence-corrected chi connectivity index (χ2v) is 4.95. The van der Waals surface area contributed by atoms with Crippen LogP contribution in [0.2, 0.25) is 10.0 Å². The molecule has 1 aromatic heterocycles. The van der Waals surface area contributed by atoms with E-state index in [0.29, 0.717) is 15.7 Å². The van der Waals surface area contributed by atoms with Crippen LogP contribution in [0.5, 0.6) is 0 Å². The highest BCUT2D eigenvalue weighted by molar-refractivity contribution is 7.98. The number of hydrogen-bond acceptors (Lipinski definition) is 3. The van der Waals surface area contributed by atoms with E-state index in [1.807, 2.05) is 12.3 Å². The van der Waals surface area contributed by atoms with E-state index in [9.17, 15) is 4.79 Å². The van der Waals surface area contributed by atoms with Gasteiger partial charge in [0.1, 0.15) is 10.8 Å². The van der Waals surface area contributed by atoms with Crippen LogP contribution >= 0.6 is 35.0 Å². The molecular weight excluding hydrogens is 279 g/mol. The molecule has 0 amide bonds. The Morgan fingerprint density at radius 2 is 2.00 bits per heavy atom. The summed E-state index contributed by atoms with van der Waals surface area (Å²) in [6.45, 7) is 0. The van der Waals surface area contributed by atoms with Gasteiger partial charge in [-0.05, 0) is 24.5 Å². The molecule has 1 heterocycles. The highest BCUT2D eigenvalue weighted by Crippen LogP contribution is 2.28. The molecule has 0 N–H and O–H groups in total. The molecule has 0 saturated carbocycles. The molecule has 0 aliphatic heterocycles. The van der Waals surface area contributed by atoms with E-state index in [-0.39, 0.29) is 5.02 Å². The third-order valence-electron chi connectivity index (χ3n) is 2.19. The largest absolute Gasteiger partial charge is 0.422 e. The highest BCUT2D eigenvalue weighted by atomic mass is 35.5. The Morgan fingerprint density at radius 1 is 1.24 bits per heavy atom. The fourth-order valence-electron chi connectivity index (χ4n) is 1.39. The van der Waals surface area contributed by atoms with Crippen molar-refractivity contribution >= 4 is 35.0 Å². The van der Waals surface area contributed by atoms with Crippen LogP contribution in [0.4, 0.5) is 0 Å². The first-order valence-electron chi connectivity index (χ1n) is 4.75. The molecule has 2 nitrogen and oxygen atoms in total. The Morgan fingerprint density at radius 3 is 2.65 bits per heavy atom. The standard InChI is InChI=1S/C12H8Cl2O2S/c1-17-10-6-9(16-12(15)11(10)14)7-3-2-4-8(13)5-7/h2-6H,1H3. The smallest absolute Gasteiger partial charge is 0.356 e. The summed E-state index contributed by atoms with van der Waals surface area (Å²) in [6, 6.07) is 8.85. The molecule has 2 aromatic rings. The van der Waals surface area contributed by atoms with Crippen LogP contribution in [-0.4, -0.2) is 6.26 Å². The summed E-state index contributed by atoms with van der Waals surface area (Å²) in [6.07, 6.45) is 1.85. The monoisotopic (exact) mass is 286 g/mol. The minimum Gasteiger partial charge on any atom is -0.422 e. The van der Waals surface area contributed by atoms with Gasteiger partial charge >= 0.3 is 5.63 Å². The average molecular weight is 287 g/mol. The van der Waals surface area contributed by atoms with Crippen LogP contribution in [0.25, 0.3) is 11.3 Å². The highest BCUT2D eigenvalue weighted by Gasteiger charge is 2.10. The van der Waals surface area contributed by atoms with E-state index < -0.39 is 5.63 Å². The Bertz CT molecular complexity index is 608. The van der Waals surface area contributed by atoms with Gasteiger partial charge in [-0.15, -0.1) is 11.8 Å². The van der Waals surface area contributed by atoms with Gasteiger partial charge in [0.05, 0.1) is 0 Å². The van der Waals surface area contributed by atoms with E-state index in [1.54, 1.807) is 24.3 Å². The first kappa shape index (κ1) is 12.6. The van der Waals surface area contributed by atoms with Crippen molar-refractivity contribution in [2.45, 2.75) is 4.90 Å². The van der Waals surface area contributed by atoms with Crippen LogP contribution in [0.3, 0.4) is 0 Å². The third kappa shape index (κ3) is 2.68. The molecule has 1 aromatic carbocycles. The Labute approximate surface area is 113 Å². The molecule has 0 radical (unpaired) electrons. The molecule has 0 atom stereocenters. The molecule has 2 rings (SSSR count). The van der Waals surface area contributed by atoms with Gasteiger partial charge in [0, 0.05) is 15.5 Å². The predicted molar refractivity (Wildman–Crippen MR) is 72.2 cm³/mol. The Balaban J connectivity index is 2.61. The quantitative estimate of drug-likeness (QED) is 0.770. The molecule has 88 valence electrons. The lowest BCUT2D eigenvalue weighted by Gasteiger charge is -2.04. The second-order valence-electron chi connectivity index (χ2n) is 3.29. The van der Waals surface area contributed by atoms with Crippen molar-refractivity contribution in [2.75, 3.05) is 6.26 Å². The van der Waals surface area contributed by atoms with E-state index in [1.165, 1.54) is 11.8 Å². The lowest BCUT2D eigenvalue weighted by Crippen LogP contribution is -2.01. The van der Waals surface area contributed by atoms with Crippen molar-refractivity contribution in [1.29, 1.82) is 0 Å². The van der Waals surface area contributed by atoms with Gasteiger partial charge in [0.15, 0.2) is 0 Å². The summed E-state index contributed by atoms with van der Waals surface area (Å²) >= 11 is 13.1. The lowest BCUT2D eigenvalue weighted by molar-refractivity contribution is 0.522. The number of halogens is 2. The molecule has 0 fully saturated rings. The van der Waals surface area contributed by atoms with Gasteiger partial charge in [0.2, 0.25) is 0 Å². The van der Waals surface area contributed by atoms with Gasteiger partial charge in [-0.3, -0.25) is 0 Å². The topological polar surface area (TPSA) is 30.2 Å². The predicted octanol–water partition coefficient (Wildman–Crippen LogP) is 4.34. The molecule has 0 spiro atoms. The number of benzene rings is 1. The first-order chi connectivity index (χ1) is 8.11. The minimum atomic E-state index is -0.534. The third-order valence-corrected chi connectivity index (χ3v) is 3.66. The molecule has 0 aliphatic rings. The molecule has 0 bridgehead atoms. The summed E-state index contributed by atoms with van der Waals surface area (Å²) in [5, 5.41) is 0.703. The number of rotatable bonds is 2. The molecule has 0 saturated heterocycles. The van der Waals surface area contributed by atoms with Gasteiger partial charge in [-0.25, -0.2) is 4.79 Å². The van der Waals surface area contributed by atoms with Gasteiger partial charge < -0.3 is 4.42 Å². The van der Waals surface area contributed by atoms with Crippen LogP contribution in [-0.2, 0) is 0 Å². The zero-order chi connectivity index (χ0) is 12.4. The molecule has 0 aliphatic carbocycles. The van der Waals surface area contributed by atoms with Crippen LogP contribution in [0.15, 0.2) is 44.4 Å². The zero-order valence-corrected chi connectivity index (χ0v) is 11.2. The Hall–Kier alpha value is -0.900. The normalized spacial score (nSPS) is 10.5. The van der Waals surface area contributed by atoms with Crippen molar-refractivity contribution in [1.82, 2.24) is 0 Å². The molecule has 17 heavy (non-hydrogen) atoms. The van der Waals surface area contributed by atoms with Gasteiger partial charge in [0.25, 0.3) is 0 Å². The average Bonchev–Trinajstić information content (AvgIpc) is 2.32. The maximum atomic E-state index is 11.5. The van der Waals surface area contributed by atoms with Gasteiger partial charge in [-0.1, -0.05) is 35.3 Å². The summed E-state index contributed by atoms with van der Waals surface area (Å²) in [5.41, 5.74) is 0.218. The van der Waals surface area contributed by atoms with Crippen molar-refractivity contribution in [3.05, 3.63) is 50.8 Å². The molecule has 0 unspecified atom stereocenters. The van der Waals surface area contributed by atoms with Crippen LogP contribution < -0.4 is 5.63 Å². The summed E-state index contributed by atoms with van der Waals surface area (Å²) in [5.74, 6) is 0.464. The maximum absolute atomic E-state index is 11.5. The summed E-state index contributed by atoms with van der Waals surface area (Å²) in [7, 11) is 0. The van der Waals surface area contributed by atoms with E-state index in [0.717, 1.165) is 5.56 Å². The van der Waals surface area contributed by atoms with Crippen molar-refractivity contribution in [2.24, 2.45) is 0 Å². The number of hydrogen-bond donors (Lipinski definition) is 0. The van der Waals surface area contributed by atoms with Crippen molar-refractivity contribution in [3.8, 4) is 11.3 Å². The van der Waals surface area contributed by atoms with Crippen LogP contribution in [0, 0.1) is 0 Å². The zero-order valence-electron chi connectivity index (χ0n) is 8.87. The van der Waals surface area contributed by atoms with E-state index in [4.69, 9.17) is 27.6 Å². The first-order valence-corrected chi connectivity index (χ1v) is 6.73. The fraction of sp³-hybridized carbons (Fsp3) is 0.0833. The molecule has 5 heteroatoms. The minimum absolute atomic E-state index is 0.114.